The van der Waals surface area contributed by atoms with Crippen LogP contribution in [-0.4, -0.2) is 38.9 Å². The molecular weight excluding hydrogens is 452 g/mol. The monoisotopic (exact) mass is 474 g/mol. The van der Waals surface area contributed by atoms with E-state index >= 15 is 0 Å². The van der Waals surface area contributed by atoms with Crippen LogP contribution in [-0.2, 0) is 25.5 Å². The van der Waals surface area contributed by atoms with Crippen molar-refractivity contribution < 1.29 is 28.5 Å². The van der Waals surface area contributed by atoms with Crippen molar-refractivity contribution in [2.24, 2.45) is 0 Å². The van der Waals surface area contributed by atoms with Gasteiger partial charge < -0.3 is 18.9 Å². The lowest BCUT2D eigenvalue weighted by molar-refractivity contribution is -0.164. The second-order valence-corrected chi connectivity index (χ2v) is 7.04. The minimum atomic E-state index is -1.12. The summed E-state index contributed by atoms with van der Waals surface area (Å²) in [6.45, 7) is 3.54. The fourth-order valence-corrected chi connectivity index (χ4v) is 2.81. The van der Waals surface area contributed by atoms with Gasteiger partial charge >= 0.3 is 11.9 Å². The minimum absolute atomic E-state index is 0.0214. The standard InChI is InChI=1S/C23H23BrO6/c1-4-13-29-23(26)21(15-17-7-11-19(27-2)20(14-17)28-3)30-22(25)12-8-16-5-9-18(24)10-6-16/h4-12,14,21H,1,13,15H2,2-3H3/b12-8+. The minimum Gasteiger partial charge on any atom is -0.493 e. The van der Waals surface area contributed by atoms with E-state index in [0.717, 1.165) is 15.6 Å². The smallest absolute Gasteiger partial charge is 0.348 e. The van der Waals surface area contributed by atoms with E-state index in [2.05, 4.69) is 22.5 Å². The number of carbonyl (C=O) groups is 2. The fourth-order valence-electron chi connectivity index (χ4n) is 2.55. The predicted octanol–water partition coefficient (Wildman–Crippen LogP) is 4.36. The Hall–Kier alpha value is -3.06. The van der Waals surface area contributed by atoms with Crippen LogP contribution in [0.2, 0.25) is 0 Å². The molecule has 0 aliphatic carbocycles. The summed E-state index contributed by atoms with van der Waals surface area (Å²) >= 11 is 3.35. The van der Waals surface area contributed by atoms with Crippen molar-refractivity contribution >= 4 is 33.9 Å². The largest absolute Gasteiger partial charge is 0.493 e. The molecule has 0 amide bonds. The van der Waals surface area contributed by atoms with Gasteiger partial charge in [-0.25, -0.2) is 9.59 Å². The van der Waals surface area contributed by atoms with Gasteiger partial charge in [-0.05, 0) is 41.5 Å². The number of carbonyl (C=O) groups excluding carboxylic acids is 2. The van der Waals surface area contributed by atoms with E-state index in [1.54, 1.807) is 24.3 Å². The molecule has 0 aliphatic heterocycles. The van der Waals surface area contributed by atoms with Crippen LogP contribution >= 0.6 is 15.9 Å². The Bertz CT molecular complexity index is 904. The molecule has 0 saturated carbocycles. The lowest BCUT2D eigenvalue weighted by atomic mass is 10.1. The van der Waals surface area contributed by atoms with Gasteiger partial charge in [-0.15, -0.1) is 0 Å². The number of hydrogen-bond donors (Lipinski definition) is 0. The number of rotatable bonds is 10. The SMILES string of the molecule is C=CCOC(=O)C(Cc1ccc(OC)c(OC)c1)OC(=O)/C=C/c1ccc(Br)cc1. The van der Waals surface area contributed by atoms with Gasteiger partial charge in [-0.1, -0.05) is 46.8 Å². The molecule has 0 bridgehead atoms. The van der Waals surface area contributed by atoms with Gasteiger partial charge in [-0.3, -0.25) is 0 Å². The second kappa shape index (κ2) is 11.8. The van der Waals surface area contributed by atoms with Crippen LogP contribution in [0.15, 0.2) is 65.7 Å². The van der Waals surface area contributed by atoms with Crippen molar-refractivity contribution in [2.75, 3.05) is 20.8 Å². The Morgan fingerprint density at radius 1 is 1.07 bits per heavy atom. The van der Waals surface area contributed by atoms with Crippen LogP contribution in [0.25, 0.3) is 6.08 Å². The quantitative estimate of drug-likeness (QED) is 0.289. The predicted molar refractivity (Wildman–Crippen MR) is 117 cm³/mol. The number of hydrogen-bond acceptors (Lipinski definition) is 6. The first-order chi connectivity index (χ1) is 14.5. The first-order valence-electron chi connectivity index (χ1n) is 9.09. The molecule has 1 unspecified atom stereocenters. The molecule has 0 N–H and O–H groups in total. The Morgan fingerprint density at radius 3 is 2.40 bits per heavy atom. The van der Waals surface area contributed by atoms with E-state index in [1.165, 1.54) is 26.4 Å². The molecule has 7 heteroatoms. The van der Waals surface area contributed by atoms with Crippen LogP contribution in [0.4, 0.5) is 0 Å². The summed E-state index contributed by atoms with van der Waals surface area (Å²) in [5.41, 5.74) is 1.54. The summed E-state index contributed by atoms with van der Waals surface area (Å²) in [7, 11) is 3.05. The molecule has 0 aromatic heterocycles. The zero-order valence-electron chi connectivity index (χ0n) is 16.8. The topological polar surface area (TPSA) is 71.1 Å². The lowest BCUT2D eigenvalue weighted by Crippen LogP contribution is -2.31. The molecule has 2 aromatic carbocycles. The van der Waals surface area contributed by atoms with Crippen LogP contribution < -0.4 is 9.47 Å². The van der Waals surface area contributed by atoms with E-state index in [-0.39, 0.29) is 13.0 Å². The molecule has 6 nitrogen and oxygen atoms in total. The summed E-state index contributed by atoms with van der Waals surface area (Å²) in [4.78, 5) is 24.7. The van der Waals surface area contributed by atoms with Gasteiger partial charge in [0.25, 0.3) is 0 Å². The molecule has 0 aliphatic rings. The molecule has 0 spiro atoms. The van der Waals surface area contributed by atoms with E-state index in [9.17, 15) is 9.59 Å². The van der Waals surface area contributed by atoms with Gasteiger partial charge in [-0.2, -0.15) is 0 Å². The van der Waals surface area contributed by atoms with Gasteiger partial charge in [0.2, 0.25) is 6.10 Å². The summed E-state index contributed by atoms with van der Waals surface area (Å²) in [6, 6.07) is 12.6. The number of halogens is 1. The number of benzene rings is 2. The highest BCUT2D eigenvalue weighted by molar-refractivity contribution is 9.10. The molecular formula is C23H23BrO6. The Kier molecular flexibility index (Phi) is 9.15. The highest BCUT2D eigenvalue weighted by atomic mass is 79.9. The zero-order chi connectivity index (χ0) is 21.9. The maximum Gasteiger partial charge on any atom is 0.348 e. The second-order valence-electron chi connectivity index (χ2n) is 6.12. The first-order valence-corrected chi connectivity index (χ1v) is 9.88. The average molecular weight is 475 g/mol. The van der Waals surface area contributed by atoms with Gasteiger partial charge in [0.1, 0.15) is 6.61 Å². The molecule has 0 heterocycles. The third kappa shape index (κ3) is 7.08. The Morgan fingerprint density at radius 2 is 1.77 bits per heavy atom. The highest BCUT2D eigenvalue weighted by Crippen LogP contribution is 2.28. The third-order valence-corrected chi connectivity index (χ3v) is 4.54. The zero-order valence-corrected chi connectivity index (χ0v) is 18.4. The van der Waals surface area contributed by atoms with Gasteiger partial charge in [0.15, 0.2) is 11.5 Å². The van der Waals surface area contributed by atoms with Gasteiger partial charge in [0.05, 0.1) is 14.2 Å². The number of esters is 2. The fraction of sp³-hybridized carbons (Fsp3) is 0.217. The van der Waals surface area contributed by atoms with E-state index in [1.807, 2.05) is 24.3 Å². The van der Waals surface area contributed by atoms with Gasteiger partial charge in [0, 0.05) is 17.0 Å². The van der Waals surface area contributed by atoms with Crippen molar-refractivity contribution in [3.8, 4) is 11.5 Å². The van der Waals surface area contributed by atoms with E-state index in [0.29, 0.717) is 11.5 Å². The number of methoxy groups -OCH3 is 2. The average Bonchev–Trinajstić information content (AvgIpc) is 2.76. The molecule has 1 atom stereocenters. The highest BCUT2D eigenvalue weighted by Gasteiger charge is 2.24. The summed E-state index contributed by atoms with van der Waals surface area (Å²) in [5, 5.41) is 0. The Labute approximate surface area is 184 Å². The molecule has 158 valence electrons. The van der Waals surface area contributed by atoms with Crippen LogP contribution in [0.3, 0.4) is 0 Å². The molecule has 30 heavy (non-hydrogen) atoms. The van der Waals surface area contributed by atoms with Crippen molar-refractivity contribution in [1.29, 1.82) is 0 Å². The molecule has 2 rings (SSSR count). The molecule has 0 fully saturated rings. The maximum absolute atomic E-state index is 12.4. The van der Waals surface area contributed by atoms with Crippen molar-refractivity contribution in [3.63, 3.8) is 0 Å². The molecule has 0 radical (unpaired) electrons. The first kappa shape index (κ1) is 23.2. The summed E-state index contributed by atoms with van der Waals surface area (Å²) in [6.07, 6.45) is 3.32. The Balaban J connectivity index is 2.14. The summed E-state index contributed by atoms with van der Waals surface area (Å²) < 4.78 is 21.9. The third-order valence-electron chi connectivity index (χ3n) is 4.02. The molecule has 2 aromatic rings. The van der Waals surface area contributed by atoms with Crippen LogP contribution in [0.5, 0.6) is 11.5 Å². The van der Waals surface area contributed by atoms with E-state index in [4.69, 9.17) is 18.9 Å². The lowest BCUT2D eigenvalue weighted by Gasteiger charge is -2.17. The number of ether oxygens (including phenoxy) is 4. The normalized spacial score (nSPS) is 11.6. The molecule has 0 saturated heterocycles. The van der Waals surface area contributed by atoms with Crippen molar-refractivity contribution in [2.45, 2.75) is 12.5 Å². The van der Waals surface area contributed by atoms with E-state index < -0.39 is 18.0 Å². The van der Waals surface area contributed by atoms with Crippen molar-refractivity contribution in [3.05, 3.63) is 76.8 Å². The van der Waals surface area contributed by atoms with Crippen LogP contribution in [0.1, 0.15) is 11.1 Å². The maximum atomic E-state index is 12.4. The van der Waals surface area contributed by atoms with Crippen molar-refractivity contribution in [1.82, 2.24) is 0 Å². The van der Waals surface area contributed by atoms with Crippen LogP contribution in [0, 0.1) is 0 Å². The summed E-state index contributed by atoms with van der Waals surface area (Å²) in [5.74, 6) is -0.245.